The molecule has 1 rings (SSSR count). The molecular formula is C14H21NO4. The number of esters is 1. The van der Waals surface area contributed by atoms with E-state index in [0.717, 1.165) is 11.3 Å². The third-order valence-electron chi connectivity index (χ3n) is 2.99. The molecule has 0 fully saturated rings. The summed E-state index contributed by atoms with van der Waals surface area (Å²) >= 11 is 0. The molecule has 1 aromatic rings. The zero-order valence-electron chi connectivity index (χ0n) is 11.8. The van der Waals surface area contributed by atoms with Crippen LogP contribution in [0.25, 0.3) is 0 Å². The van der Waals surface area contributed by atoms with Crippen molar-refractivity contribution in [2.75, 3.05) is 20.8 Å². The van der Waals surface area contributed by atoms with Crippen LogP contribution in [0.4, 0.5) is 0 Å². The van der Waals surface area contributed by atoms with Crippen molar-refractivity contribution in [3.63, 3.8) is 0 Å². The number of carbonyl (C=O) groups excluding carboxylic acids is 1. The van der Waals surface area contributed by atoms with Gasteiger partial charge in [0.15, 0.2) is 5.60 Å². The van der Waals surface area contributed by atoms with Crippen molar-refractivity contribution in [2.24, 2.45) is 0 Å². The summed E-state index contributed by atoms with van der Waals surface area (Å²) in [5.41, 5.74) is -0.489. The molecule has 19 heavy (non-hydrogen) atoms. The lowest BCUT2D eigenvalue weighted by Gasteiger charge is -2.23. The van der Waals surface area contributed by atoms with Gasteiger partial charge in [-0.05, 0) is 31.5 Å². The Balaban J connectivity index is 2.59. The van der Waals surface area contributed by atoms with Crippen molar-refractivity contribution >= 4 is 5.97 Å². The Morgan fingerprint density at radius 1 is 1.37 bits per heavy atom. The number of hydrogen-bond acceptors (Lipinski definition) is 5. The average Bonchev–Trinajstić information content (AvgIpc) is 2.43. The van der Waals surface area contributed by atoms with Gasteiger partial charge in [-0.15, -0.1) is 0 Å². The summed E-state index contributed by atoms with van der Waals surface area (Å²) in [7, 11) is 2.87. The smallest absolute Gasteiger partial charge is 0.338 e. The Labute approximate surface area is 113 Å². The summed E-state index contributed by atoms with van der Waals surface area (Å²) in [5.74, 6) is 0.138. The Kier molecular flexibility index (Phi) is 5.32. The molecule has 0 radical (unpaired) electrons. The van der Waals surface area contributed by atoms with Gasteiger partial charge in [0.1, 0.15) is 5.75 Å². The monoisotopic (exact) mass is 267 g/mol. The summed E-state index contributed by atoms with van der Waals surface area (Å²) in [4.78, 5) is 11.3. The number of ether oxygens (including phenoxy) is 2. The zero-order valence-corrected chi connectivity index (χ0v) is 11.8. The first-order valence-electron chi connectivity index (χ1n) is 6.09. The fourth-order valence-electron chi connectivity index (χ4n) is 1.65. The van der Waals surface area contributed by atoms with Gasteiger partial charge in [0, 0.05) is 12.6 Å². The second kappa shape index (κ2) is 6.54. The number of hydrogen-bond donors (Lipinski definition) is 2. The van der Waals surface area contributed by atoms with Gasteiger partial charge in [0.2, 0.25) is 0 Å². The summed E-state index contributed by atoms with van der Waals surface area (Å²) in [6.45, 7) is 3.49. The molecule has 106 valence electrons. The standard InChI is InChI=1S/C14H21NO4/c1-10(11-5-7-12(18-3)8-6-11)15-9-14(2,17)13(16)19-4/h5-8,10,15,17H,9H2,1-4H3/t10-,14?/m0/s1. The van der Waals surface area contributed by atoms with Gasteiger partial charge in [-0.3, -0.25) is 0 Å². The van der Waals surface area contributed by atoms with E-state index in [2.05, 4.69) is 10.1 Å². The summed E-state index contributed by atoms with van der Waals surface area (Å²) in [6.07, 6.45) is 0. The summed E-state index contributed by atoms with van der Waals surface area (Å²) < 4.78 is 9.63. The number of rotatable bonds is 6. The SMILES string of the molecule is COC(=O)C(C)(O)CN[C@@H](C)c1ccc(OC)cc1. The van der Waals surface area contributed by atoms with Crippen molar-refractivity contribution in [1.82, 2.24) is 5.32 Å². The van der Waals surface area contributed by atoms with E-state index in [1.54, 1.807) is 7.11 Å². The molecule has 0 heterocycles. The third-order valence-corrected chi connectivity index (χ3v) is 2.99. The first kappa shape index (κ1) is 15.5. The van der Waals surface area contributed by atoms with E-state index in [0.29, 0.717) is 0 Å². The van der Waals surface area contributed by atoms with Crippen molar-refractivity contribution < 1.29 is 19.4 Å². The van der Waals surface area contributed by atoms with Crippen molar-refractivity contribution in [3.8, 4) is 5.75 Å². The highest BCUT2D eigenvalue weighted by Gasteiger charge is 2.31. The Bertz CT molecular complexity index is 414. The molecule has 2 N–H and O–H groups in total. The molecule has 1 unspecified atom stereocenters. The van der Waals surface area contributed by atoms with Crippen LogP contribution in [0.2, 0.25) is 0 Å². The highest BCUT2D eigenvalue weighted by Crippen LogP contribution is 2.17. The second-order valence-electron chi connectivity index (χ2n) is 4.64. The van der Waals surface area contributed by atoms with Gasteiger partial charge in [0.05, 0.1) is 14.2 Å². The Hall–Kier alpha value is -1.59. The molecule has 0 spiro atoms. The predicted octanol–water partition coefficient (Wildman–Crippen LogP) is 1.27. The normalized spacial score (nSPS) is 15.4. The van der Waals surface area contributed by atoms with Crippen LogP contribution in [-0.4, -0.2) is 37.4 Å². The summed E-state index contributed by atoms with van der Waals surface area (Å²) in [5, 5.41) is 13.0. The van der Waals surface area contributed by atoms with E-state index in [4.69, 9.17) is 4.74 Å². The van der Waals surface area contributed by atoms with Gasteiger partial charge in [-0.25, -0.2) is 4.79 Å². The maximum absolute atomic E-state index is 11.3. The molecule has 0 aliphatic rings. The van der Waals surface area contributed by atoms with Crippen molar-refractivity contribution in [1.29, 1.82) is 0 Å². The fraction of sp³-hybridized carbons (Fsp3) is 0.500. The lowest BCUT2D eigenvalue weighted by Crippen LogP contribution is -2.46. The number of methoxy groups -OCH3 is 2. The maximum Gasteiger partial charge on any atom is 0.338 e. The molecule has 5 nitrogen and oxygen atoms in total. The highest BCUT2D eigenvalue weighted by atomic mass is 16.5. The molecule has 0 saturated heterocycles. The molecule has 2 atom stereocenters. The third kappa shape index (κ3) is 4.22. The quantitative estimate of drug-likeness (QED) is 0.760. The first-order valence-corrected chi connectivity index (χ1v) is 6.09. The topological polar surface area (TPSA) is 67.8 Å². The number of carbonyl (C=O) groups is 1. The lowest BCUT2D eigenvalue weighted by atomic mass is 10.0. The van der Waals surface area contributed by atoms with E-state index in [1.807, 2.05) is 31.2 Å². The van der Waals surface area contributed by atoms with Crippen molar-refractivity contribution in [2.45, 2.75) is 25.5 Å². The molecule has 0 aliphatic heterocycles. The Morgan fingerprint density at radius 2 is 1.95 bits per heavy atom. The van der Waals surface area contributed by atoms with Gasteiger partial charge < -0.3 is 19.9 Å². The largest absolute Gasteiger partial charge is 0.497 e. The van der Waals surface area contributed by atoms with Crippen LogP contribution in [0.3, 0.4) is 0 Å². The molecule has 5 heteroatoms. The average molecular weight is 267 g/mol. The Morgan fingerprint density at radius 3 is 2.42 bits per heavy atom. The van der Waals surface area contributed by atoms with Gasteiger partial charge in [-0.1, -0.05) is 12.1 Å². The van der Waals surface area contributed by atoms with E-state index < -0.39 is 11.6 Å². The minimum absolute atomic E-state index is 0.00189. The molecule has 1 aromatic carbocycles. The molecule has 0 aliphatic carbocycles. The van der Waals surface area contributed by atoms with Crippen LogP contribution in [0.15, 0.2) is 24.3 Å². The van der Waals surface area contributed by atoms with Crippen LogP contribution < -0.4 is 10.1 Å². The van der Waals surface area contributed by atoms with Crippen LogP contribution in [-0.2, 0) is 9.53 Å². The summed E-state index contributed by atoms with van der Waals surface area (Å²) in [6, 6.07) is 7.60. The van der Waals surface area contributed by atoms with Crippen LogP contribution in [0.1, 0.15) is 25.5 Å². The first-order chi connectivity index (χ1) is 8.90. The fourth-order valence-corrected chi connectivity index (χ4v) is 1.65. The second-order valence-corrected chi connectivity index (χ2v) is 4.64. The van der Waals surface area contributed by atoms with Crippen molar-refractivity contribution in [3.05, 3.63) is 29.8 Å². The predicted molar refractivity (Wildman–Crippen MR) is 72.1 cm³/mol. The number of nitrogens with one attached hydrogen (secondary N) is 1. The minimum Gasteiger partial charge on any atom is -0.497 e. The van der Waals surface area contributed by atoms with E-state index in [-0.39, 0.29) is 12.6 Å². The molecule has 0 aromatic heterocycles. The maximum atomic E-state index is 11.3. The van der Waals surface area contributed by atoms with Gasteiger partial charge >= 0.3 is 5.97 Å². The van der Waals surface area contributed by atoms with Crippen LogP contribution in [0, 0.1) is 0 Å². The molecule has 0 bridgehead atoms. The lowest BCUT2D eigenvalue weighted by molar-refractivity contribution is -0.160. The van der Waals surface area contributed by atoms with Gasteiger partial charge in [-0.2, -0.15) is 0 Å². The minimum atomic E-state index is -1.53. The van der Waals surface area contributed by atoms with Crippen LogP contribution in [0.5, 0.6) is 5.75 Å². The van der Waals surface area contributed by atoms with Crippen LogP contribution >= 0.6 is 0 Å². The molecular weight excluding hydrogens is 246 g/mol. The molecule has 0 amide bonds. The van der Waals surface area contributed by atoms with E-state index >= 15 is 0 Å². The van der Waals surface area contributed by atoms with E-state index in [1.165, 1.54) is 14.0 Å². The van der Waals surface area contributed by atoms with E-state index in [9.17, 15) is 9.90 Å². The zero-order chi connectivity index (χ0) is 14.5. The number of benzene rings is 1. The molecule has 0 saturated carbocycles. The highest BCUT2D eigenvalue weighted by molar-refractivity contribution is 5.78. The number of aliphatic hydroxyl groups is 1. The van der Waals surface area contributed by atoms with Gasteiger partial charge in [0.25, 0.3) is 0 Å².